The largest absolute Gasteiger partial charge is 0.338 e. The van der Waals surface area contributed by atoms with Gasteiger partial charge in [-0.1, -0.05) is 6.08 Å². The first-order chi connectivity index (χ1) is 5.74. The van der Waals surface area contributed by atoms with Crippen molar-refractivity contribution < 1.29 is 9.47 Å². The molecule has 0 aliphatic heterocycles. The van der Waals surface area contributed by atoms with Crippen molar-refractivity contribution in [3.8, 4) is 6.07 Å². The van der Waals surface area contributed by atoms with Gasteiger partial charge in [-0.3, -0.25) is 0 Å². The standard InChI is InChI=1S/C9H15NO2/c1-4-7-9(8-10,11-5-2)12-6-3/h4H,1,5-7H2,2-3H3. The average molecular weight is 169 g/mol. The van der Waals surface area contributed by atoms with Gasteiger partial charge >= 0.3 is 0 Å². The molecule has 0 aromatic carbocycles. The summed E-state index contributed by atoms with van der Waals surface area (Å²) >= 11 is 0. The van der Waals surface area contributed by atoms with Crippen molar-refractivity contribution in [1.29, 1.82) is 5.26 Å². The number of nitriles is 1. The molecule has 12 heavy (non-hydrogen) atoms. The molecule has 0 rings (SSSR count). The maximum absolute atomic E-state index is 8.82. The molecular weight excluding hydrogens is 154 g/mol. The van der Waals surface area contributed by atoms with Crippen LogP contribution in [0.4, 0.5) is 0 Å². The molecule has 0 aliphatic rings. The predicted octanol–water partition coefficient (Wildman–Crippen LogP) is 1.86. The zero-order valence-electron chi connectivity index (χ0n) is 7.67. The first-order valence-electron chi connectivity index (χ1n) is 4.04. The molecule has 68 valence electrons. The maximum atomic E-state index is 8.82. The lowest BCUT2D eigenvalue weighted by atomic mass is 10.2. The van der Waals surface area contributed by atoms with Crippen molar-refractivity contribution in [2.45, 2.75) is 26.1 Å². The second-order valence-electron chi connectivity index (χ2n) is 2.22. The van der Waals surface area contributed by atoms with Crippen LogP contribution < -0.4 is 0 Å². The van der Waals surface area contributed by atoms with Gasteiger partial charge in [0, 0.05) is 19.6 Å². The van der Waals surface area contributed by atoms with Crippen molar-refractivity contribution in [3.05, 3.63) is 12.7 Å². The highest BCUT2D eigenvalue weighted by atomic mass is 16.7. The number of nitrogens with zero attached hydrogens (tertiary/aromatic N) is 1. The van der Waals surface area contributed by atoms with Gasteiger partial charge in [-0.15, -0.1) is 6.58 Å². The highest BCUT2D eigenvalue weighted by Crippen LogP contribution is 2.17. The van der Waals surface area contributed by atoms with Gasteiger partial charge in [0.1, 0.15) is 6.07 Å². The molecule has 0 aromatic heterocycles. The van der Waals surface area contributed by atoms with Crippen LogP contribution in [0.25, 0.3) is 0 Å². The fourth-order valence-corrected chi connectivity index (χ4v) is 0.926. The van der Waals surface area contributed by atoms with E-state index < -0.39 is 5.79 Å². The van der Waals surface area contributed by atoms with Crippen molar-refractivity contribution in [2.75, 3.05) is 13.2 Å². The van der Waals surface area contributed by atoms with Gasteiger partial charge in [-0.05, 0) is 13.8 Å². The molecule has 0 heterocycles. The third-order valence-corrected chi connectivity index (χ3v) is 1.34. The van der Waals surface area contributed by atoms with E-state index in [9.17, 15) is 0 Å². The molecule has 0 atom stereocenters. The van der Waals surface area contributed by atoms with E-state index in [0.29, 0.717) is 19.6 Å². The number of hydrogen-bond acceptors (Lipinski definition) is 3. The summed E-state index contributed by atoms with van der Waals surface area (Å²) in [5, 5.41) is 8.82. The SMILES string of the molecule is C=CCC(C#N)(OCC)OCC. The Labute approximate surface area is 73.6 Å². The summed E-state index contributed by atoms with van der Waals surface area (Å²) in [6.07, 6.45) is 2.01. The minimum absolute atomic E-state index is 0.394. The Hall–Kier alpha value is -0.850. The smallest absolute Gasteiger partial charge is 0.262 e. The molecular formula is C9H15NO2. The first kappa shape index (κ1) is 11.2. The molecule has 0 unspecified atom stereocenters. The van der Waals surface area contributed by atoms with Gasteiger partial charge in [-0.2, -0.15) is 5.26 Å². The van der Waals surface area contributed by atoms with E-state index in [0.717, 1.165) is 0 Å². The van der Waals surface area contributed by atoms with Gasteiger partial charge in [0.05, 0.1) is 0 Å². The number of rotatable bonds is 6. The summed E-state index contributed by atoms with van der Waals surface area (Å²) in [7, 11) is 0. The van der Waals surface area contributed by atoms with E-state index in [1.54, 1.807) is 6.08 Å². The molecule has 3 heteroatoms. The van der Waals surface area contributed by atoms with E-state index in [-0.39, 0.29) is 0 Å². The normalized spacial score (nSPS) is 10.8. The summed E-state index contributed by atoms with van der Waals surface area (Å²) in [5.41, 5.74) is 0. The quantitative estimate of drug-likeness (QED) is 0.450. The predicted molar refractivity (Wildman–Crippen MR) is 46.4 cm³/mol. The second kappa shape index (κ2) is 5.76. The number of hydrogen-bond donors (Lipinski definition) is 0. The Balaban J connectivity index is 4.29. The molecule has 0 saturated heterocycles. The second-order valence-corrected chi connectivity index (χ2v) is 2.22. The Morgan fingerprint density at radius 2 is 1.92 bits per heavy atom. The van der Waals surface area contributed by atoms with Crippen LogP contribution in [0.1, 0.15) is 20.3 Å². The first-order valence-corrected chi connectivity index (χ1v) is 4.04. The molecule has 3 nitrogen and oxygen atoms in total. The van der Waals surface area contributed by atoms with Gasteiger partial charge in [0.25, 0.3) is 5.79 Å². The van der Waals surface area contributed by atoms with Gasteiger partial charge in [0.2, 0.25) is 0 Å². The van der Waals surface area contributed by atoms with Crippen molar-refractivity contribution >= 4 is 0 Å². The summed E-state index contributed by atoms with van der Waals surface area (Å²) < 4.78 is 10.4. The minimum Gasteiger partial charge on any atom is -0.338 e. The van der Waals surface area contributed by atoms with Crippen LogP contribution >= 0.6 is 0 Å². The molecule has 0 saturated carbocycles. The Bertz CT molecular complexity index is 166. The van der Waals surface area contributed by atoms with Crippen LogP contribution in [0.3, 0.4) is 0 Å². The lowest BCUT2D eigenvalue weighted by Gasteiger charge is -2.24. The van der Waals surface area contributed by atoms with E-state index in [1.807, 2.05) is 19.9 Å². The van der Waals surface area contributed by atoms with E-state index in [1.165, 1.54) is 0 Å². The Kier molecular flexibility index (Phi) is 5.35. The van der Waals surface area contributed by atoms with Crippen LogP contribution in [0, 0.1) is 11.3 Å². The van der Waals surface area contributed by atoms with Crippen LogP contribution in [0.5, 0.6) is 0 Å². The van der Waals surface area contributed by atoms with E-state index >= 15 is 0 Å². The van der Waals surface area contributed by atoms with Crippen LogP contribution in [0.15, 0.2) is 12.7 Å². The molecule has 0 aliphatic carbocycles. The van der Waals surface area contributed by atoms with E-state index in [2.05, 4.69) is 6.58 Å². The third-order valence-electron chi connectivity index (χ3n) is 1.34. The summed E-state index contributed by atoms with van der Waals surface area (Å²) in [4.78, 5) is 0. The van der Waals surface area contributed by atoms with Crippen molar-refractivity contribution in [1.82, 2.24) is 0 Å². The molecule has 0 spiro atoms. The Morgan fingerprint density at radius 3 is 2.17 bits per heavy atom. The van der Waals surface area contributed by atoms with Crippen molar-refractivity contribution in [2.24, 2.45) is 0 Å². The monoisotopic (exact) mass is 169 g/mol. The molecule has 0 aromatic rings. The third kappa shape index (κ3) is 3.04. The lowest BCUT2D eigenvalue weighted by Crippen LogP contribution is -2.33. The van der Waals surface area contributed by atoms with Crippen molar-refractivity contribution in [3.63, 3.8) is 0 Å². The molecule has 0 fully saturated rings. The summed E-state index contributed by atoms with van der Waals surface area (Å²) in [6.45, 7) is 8.12. The highest BCUT2D eigenvalue weighted by Gasteiger charge is 2.29. The van der Waals surface area contributed by atoms with Crippen LogP contribution in [-0.4, -0.2) is 19.0 Å². The maximum Gasteiger partial charge on any atom is 0.262 e. The zero-order valence-corrected chi connectivity index (χ0v) is 7.67. The fourth-order valence-electron chi connectivity index (χ4n) is 0.926. The highest BCUT2D eigenvalue weighted by molar-refractivity contribution is 4.98. The zero-order chi connectivity index (χ0) is 9.45. The Morgan fingerprint density at radius 1 is 1.42 bits per heavy atom. The lowest BCUT2D eigenvalue weighted by molar-refractivity contribution is -0.190. The molecule has 0 radical (unpaired) electrons. The van der Waals surface area contributed by atoms with Gasteiger partial charge in [-0.25, -0.2) is 0 Å². The fraction of sp³-hybridized carbons (Fsp3) is 0.667. The topological polar surface area (TPSA) is 42.2 Å². The van der Waals surface area contributed by atoms with E-state index in [4.69, 9.17) is 14.7 Å². The summed E-state index contributed by atoms with van der Waals surface area (Å²) in [5.74, 6) is -1.12. The summed E-state index contributed by atoms with van der Waals surface area (Å²) in [6, 6.07) is 2.00. The molecule has 0 N–H and O–H groups in total. The van der Waals surface area contributed by atoms with Gasteiger partial charge < -0.3 is 9.47 Å². The molecule has 0 amide bonds. The minimum atomic E-state index is -1.12. The average Bonchev–Trinajstić information content (AvgIpc) is 2.06. The van der Waals surface area contributed by atoms with Crippen LogP contribution in [-0.2, 0) is 9.47 Å². The number of ether oxygens (including phenoxy) is 2. The molecule has 0 bridgehead atoms. The van der Waals surface area contributed by atoms with Gasteiger partial charge in [0.15, 0.2) is 0 Å². The van der Waals surface area contributed by atoms with Crippen LogP contribution in [0.2, 0.25) is 0 Å².